The van der Waals surface area contributed by atoms with Gasteiger partial charge in [0.2, 0.25) is 0 Å². The van der Waals surface area contributed by atoms with Gasteiger partial charge in [0.15, 0.2) is 6.61 Å². The van der Waals surface area contributed by atoms with Gasteiger partial charge in [-0.05, 0) is 50.2 Å². The number of esters is 1. The molecular formula is C19H20F2N2O3. The topological polar surface area (TPSA) is 58.6 Å². The van der Waals surface area contributed by atoms with E-state index in [1.165, 1.54) is 0 Å². The Labute approximate surface area is 150 Å². The number of benzene rings is 2. The first-order valence-electron chi connectivity index (χ1n) is 8.22. The van der Waals surface area contributed by atoms with Gasteiger partial charge >= 0.3 is 5.97 Å². The van der Waals surface area contributed by atoms with Crippen molar-refractivity contribution in [2.45, 2.75) is 13.8 Å². The molecule has 0 aliphatic carbocycles. The third kappa shape index (κ3) is 4.78. The molecule has 2 aromatic rings. The van der Waals surface area contributed by atoms with Crippen LogP contribution in [0.3, 0.4) is 0 Å². The first-order chi connectivity index (χ1) is 12.5. The zero-order chi connectivity index (χ0) is 19.1. The quantitative estimate of drug-likeness (QED) is 0.765. The van der Waals surface area contributed by atoms with Crippen LogP contribution in [0.4, 0.5) is 20.2 Å². The first-order valence-corrected chi connectivity index (χ1v) is 8.22. The Morgan fingerprint density at radius 1 is 1.00 bits per heavy atom. The van der Waals surface area contributed by atoms with Gasteiger partial charge in [-0.3, -0.25) is 4.79 Å². The molecule has 0 radical (unpaired) electrons. The lowest BCUT2D eigenvalue weighted by atomic mass is 10.2. The summed E-state index contributed by atoms with van der Waals surface area (Å²) < 4.78 is 31.7. The second-order valence-corrected chi connectivity index (χ2v) is 5.44. The zero-order valence-corrected chi connectivity index (χ0v) is 14.6. The average Bonchev–Trinajstić information content (AvgIpc) is 2.62. The molecule has 2 aromatic carbocycles. The third-order valence-corrected chi connectivity index (χ3v) is 3.78. The summed E-state index contributed by atoms with van der Waals surface area (Å²) in [7, 11) is 0. The van der Waals surface area contributed by atoms with Crippen molar-refractivity contribution in [2.24, 2.45) is 0 Å². The molecule has 0 aliphatic heterocycles. The molecule has 0 heterocycles. The van der Waals surface area contributed by atoms with Crippen molar-refractivity contribution in [3.05, 3.63) is 59.7 Å². The summed E-state index contributed by atoms with van der Waals surface area (Å²) in [6, 6.07) is 10.2. The van der Waals surface area contributed by atoms with Crippen molar-refractivity contribution in [2.75, 3.05) is 29.9 Å². The fourth-order valence-electron chi connectivity index (χ4n) is 2.44. The van der Waals surface area contributed by atoms with Gasteiger partial charge in [0.1, 0.15) is 17.2 Å². The molecular weight excluding hydrogens is 342 g/mol. The van der Waals surface area contributed by atoms with E-state index < -0.39 is 35.7 Å². The van der Waals surface area contributed by atoms with E-state index in [-0.39, 0.29) is 0 Å². The Kier molecular flexibility index (Phi) is 6.66. The number of ether oxygens (including phenoxy) is 1. The first kappa shape index (κ1) is 19.4. The van der Waals surface area contributed by atoms with Gasteiger partial charge in [-0.1, -0.05) is 6.07 Å². The predicted octanol–water partition coefficient (Wildman–Crippen LogP) is 3.61. The average molecular weight is 362 g/mol. The van der Waals surface area contributed by atoms with E-state index in [1.807, 2.05) is 26.0 Å². The standard InChI is InChI=1S/C19H20F2N2O3/c1-3-23(4-2)14-10-8-13(9-11-14)22-17(24)12-26-19(25)18-15(20)6-5-7-16(18)21/h5-11H,3-4,12H2,1-2H3,(H,22,24). The summed E-state index contributed by atoms with van der Waals surface area (Å²) >= 11 is 0. The highest BCUT2D eigenvalue weighted by Crippen LogP contribution is 2.18. The molecule has 2 rings (SSSR count). The lowest BCUT2D eigenvalue weighted by Gasteiger charge is -2.21. The van der Waals surface area contributed by atoms with Crippen molar-refractivity contribution in [1.29, 1.82) is 0 Å². The van der Waals surface area contributed by atoms with Crippen molar-refractivity contribution in [3.8, 4) is 0 Å². The summed E-state index contributed by atoms with van der Waals surface area (Å²) in [6.07, 6.45) is 0. The van der Waals surface area contributed by atoms with Crippen molar-refractivity contribution in [3.63, 3.8) is 0 Å². The Morgan fingerprint density at radius 2 is 1.58 bits per heavy atom. The van der Waals surface area contributed by atoms with Crippen molar-refractivity contribution < 1.29 is 23.1 Å². The number of halogens is 2. The van der Waals surface area contributed by atoms with E-state index in [4.69, 9.17) is 0 Å². The van der Waals surface area contributed by atoms with Gasteiger partial charge in [0, 0.05) is 24.5 Å². The lowest BCUT2D eigenvalue weighted by molar-refractivity contribution is -0.119. The van der Waals surface area contributed by atoms with Crippen LogP contribution in [0.25, 0.3) is 0 Å². The molecule has 0 atom stereocenters. The number of carbonyl (C=O) groups is 2. The minimum absolute atomic E-state index is 0.527. The van der Waals surface area contributed by atoms with Crippen LogP contribution >= 0.6 is 0 Å². The van der Waals surface area contributed by atoms with Gasteiger partial charge in [-0.15, -0.1) is 0 Å². The van der Waals surface area contributed by atoms with Crippen LogP contribution < -0.4 is 10.2 Å². The Balaban J connectivity index is 1.92. The molecule has 0 aromatic heterocycles. The van der Waals surface area contributed by atoms with Crippen LogP contribution in [-0.2, 0) is 9.53 Å². The zero-order valence-electron chi connectivity index (χ0n) is 14.6. The Bertz CT molecular complexity index is 755. The van der Waals surface area contributed by atoms with Crippen LogP contribution in [0, 0.1) is 11.6 Å². The maximum absolute atomic E-state index is 13.5. The largest absolute Gasteiger partial charge is 0.452 e. The second kappa shape index (κ2) is 8.94. The van der Waals surface area contributed by atoms with E-state index in [2.05, 4.69) is 15.0 Å². The normalized spacial score (nSPS) is 10.3. The molecule has 1 amide bonds. The van der Waals surface area contributed by atoms with E-state index in [1.54, 1.807) is 12.1 Å². The molecule has 138 valence electrons. The van der Waals surface area contributed by atoms with Gasteiger partial charge in [0.25, 0.3) is 5.91 Å². The second-order valence-electron chi connectivity index (χ2n) is 5.44. The summed E-state index contributed by atoms with van der Waals surface area (Å²) in [5.74, 6) is -3.91. The molecule has 0 unspecified atom stereocenters. The Morgan fingerprint density at radius 3 is 2.12 bits per heavy atom. The minimum atomic E-state index is -1.23. The predicted molar refractivity (Wildman–Crippen MR) is 95.3 cm³/mol. The fourth-order valence-corrected chi connectivity index (χ4v) is 2.44. The summed E-state index contributed by atoms with van der Waals surface area (Å²) in [6.45, 7) is 5.18. The van der Waals surface area contributed by atoms with Gasteiger partial charge in [-0.2, -0.15) is 0 Å². The van der Waals surface area contributed by atoms with E-state index in [0.717, 1.165) is 37.0 Å². The number of nitrogens with zero attached hydrogens (tertiary/aromatic N) is 1. The minimum Gasteiger partial charge on any atom is -0.452 e. The molecule has 0 spiro atoms. The van der Waals surface area contributed by atoms with Crippen LogP contribution in [-0.4, -0.2) is 31.6 Å². The highest BCUT2D eigenvalue weighted by Gasteiger charge is 2.19. The number of rotatable bonds is 7. The number of hydrogen-bond donors (Lipinski definition) is 1. The molecule has 0 bridgehead atoms. The van der Waals surface area contributed by atoms with Crippen molar-refractivity contribution >= 4 is 23.3 Å². The van der Waals surface area contributed by atoms with Gasteiger partial charge < -0.3 is 15.0 Å². The number of nitrogens with one attached hydrogen (secondary N) is 1. The van der Waals surface area contributed by atoms with Crippen molar-refractivity contribution in [1.82, 2.24) is 0 Å². The monoisotopic (exact) mass is 362 g/mol. The molecule has 26 heavy (non-hydrogen) atoms. The van der Waals surface area contributed by atoms with E-state index in [0.29, 0.717) is 5.69 Å². The van der Waals surface area contributed by atoms with E-state index in [9.17, 15) is 18.4 Å². The van der Waals surface area contributed by atoms with E-state index >= 15 is 0 Å². The molecule has 0 aliphatic rings. The molecule has 1 N–H and O–H groups in total. The highest BCUT2D eigenvalue weighted by atomic mass is 19.1. The third-order valence-electron chi connectivity index (χ3n) is 3.78. The number of amides is 1. The van der Waals surface area contributed by atoms with Crippen LogP contribution in [0.1, 0.15) is 24.2 Å². The maximum atomic E-state index is 13.5. The molecule has 0 saturated carbocycles. The fraction of sp³-hybridized carbons (Fsp3) is 0.263. The smallest absolute Gasteiger partial charge is 0.344 e. The number of anilines is 2. The molecule has 7 heteroatoms. The molecule has 5 nitrogen and oxygen atoms in total. The maximum Gasteiger partial charge on any atom is 0.344 e. The number of carbonyl (C=O) groups excluding carboxylic acids is 2. The van der Waals surface area contributed by atoms with Gasteiger partial charge in [-0.25, -0.2) is 13.6 Å². The van der Waals surface area contributed by atoms with Crippen LogP contribution in [0.5, 0.6) is 0 Å². The summed E-state index contributed by atoms with van der Waals surface area (Å²) in [5.41, 5.74) is 0.734. The molecule has 0 fully saturated rings. The SMILES string of the molecule is CCN(CC)c1ccc(NC(=O)COC(=O)c2c(F)cccc2F)cc1. The Hall–Kier alpha value is -2.96. The summed E-state index contributed by atoms with van der Waals surface area (Å²) in [4.78, 5) is 25.8. The molecule has 0 saturated heterocycles. The van der Waals surface area contributed by atoms with Crippen LogP contribution in [0.15, 0.2) is 42.5 Å². The van der Waals surface area contributed by atoms with Gasteiger partial charge in [0.05, 0.1) is 0 Å². The number of hydrogen-bond acceptors (Lipinski definition) is 4. The lowest BCUT2D eigenvalue weighted by Crippen LogP contribution is -2.23. The highest BCUT2D eigenvalue weighted by molar-refractivity contribution is 5.95. The van der Waals surface area contributed by atoms with Crippen LogP contribution in [0.2, 0.25) is 0 Å². The summed E-state index contributed by atoms with van der Waals surface area (Å²) in [5, 5.41) is 2.56.